The molecule has 0 aromatic heterocycles. The highest BCUT2D eigenvalue weighted by Crippen LogP contribution is 2.26. The van der Waals surface area contributed by atoms with Crippen LogP contribution in [0, 0.1) is 29.1 Å². The SMILES string of the molecule is CN(C)/C=N/Nc1c(F)c(F)c(F)c(F)c1F. The second-order valence-electron chi connectivity index (χ2n) is 3.26. The molecule has 0 aliphatic heterocycles. The number of hydrazone groups is 1. The van der Waals surface area contributed by atoms with E-state index >= 15 is 0 Å². The normalized spacial score (nSPS) is 11.0. The average Bonchev–Trinajstić information content (AvgIpc) is 2.28. The molecule has 1 aromatic rings. The van der Waals surface area contributed by atoms with Gasteiger partial charge in [-0.15, -0.1) is 0 Å². The Morgan fingerprint density at radius 3 is 1.71 bits per heavy atom. The molecule has 8 heteroatoms. The maximum absolute atomic E-state index is 13.1. The first-order valence-electron chi connectivity index (χ1n) is 4.33. The van der Waals surface area contributed by atoms with Crippen LogP contribution in [0.3, 0.4) is 0 Å². The smallest absolute Gasteiger partial charge is 0.200 e. The van der Waals surface area contributed by atoms with Crippen LogP contribution in [0.4, 0.5) is 27.6 Å². The molecule has 3 nitrogen and oxygen atoms in total. The second kappa shape index (κ2) is 4.98. The van der Waals surface area contributed by atoms with Crippen molar-refractivity contribution in [1.29, 1.82) is 0 Å². The van der Waals surface area contributed by atoms with Gasteiger partial charge in [-0.1, -0.05) is 0 Å². The number of anilines is 1. The van der Waals surface area contributed by atoms with Crippen LogP contribution >= 0.6 is 0 Å². The fourth-order valence-corrected chi connectivity index (χ4v) is 0.912. The minimum atomic E-state index is -2.21. The summed E-state index contributed by atoms with van der Waals surface area (Å²) in [5, 5.41) is 3.29. The van der Waals surface area contributed by atoms with Crippen LogP contribution in [0.1, 0.15) is 0 Å². The zero-order valence-corrected chi connectivity index (χ0v) is 8.86. The lowest BCUT2D eigenvalue weighted by Crippen LogP contribution is -2.11. The van der Waals surface area contributed by atoms with Crippen LogP contribution in [0.15, 0.2) is 5.10 Å². The molecule has 0 amide bonds. The van der Waals surface area contributed by atoms with E-state index in [2.05, 4.69) is 5.10 Å². The molecule has 17 heavy (non-hydrogen) atoms. The monoisotopic (exact) mass is 253 g/mol. The summed E-state index contributed by atoms with van der Waals surface area (Å²) < 4.78 is 64.2. The van der Waals surface area contributed by atoms with Crippen molar-refractivity contribution >= 4 is 12.0 Å². The molecule has 0 aliphatic carbocycles. The Morgan fingerprint density at radius 1 is 0.882 bits per heavy atom. The minimum Gasteiger partial charge on any atom is -0.367 e. The minimum absolute atomic E-state index is 1.10. The molecule has 0 aliphatic rings. The molecule has 0 heterocycles. The number of nitrogens with one attached hydrogen (secondary N) is 1. The van der Waals surface area contributed by atoms with Crippen molar-refractivity contribution in [1.82, 2.24) is 4.90 Å². The highest BCUT2D eigenvalue weighted by molar-refractivity contribution is 5.57. The number of rotatable bonds is 3. The maximum atomic E-state index is 13.1. The van der Waals surface area contributed by atoms with Crippen molar-refractivity contribution in [3.8, 4) is 0 Å². The van der Waals surface area contributed by atoms with E-state index in [1.54, 1.807) is 19.5 Å². The number of hydrogen-bond donors (Lipinski definition) is 1. The quantitative estimate of drug-likeness (QED) is 0.223. The standard InChI is InChI=1S/C9H8F5N3/c1-17(2)3-15-16-9-7(13)5(11)4(10)6(12)8(9)14/h3,16H,1-2H3/b15-3+. The predicted octanol–water partition coefficient (Wildman–Crippen LogP) is 2.30. The summed E-state index contributed by atoms with van der Waals surface area (Å²) in [6.07, 6.45) is 1.10. The molecule has 0 saturated carbocycles. The summed E-state index contributed by atoms with van der Waals surface area (Å²) in [5.41, 5.74) is 0.558. The maximum Gasteiger partial charge on any atom is 0.200 e. The first-order chi connectivity index (χ1) is 7.86. The molecule has 1 aromatic carbocycles. The number of halogens is 5. The number of benzene rings is 1. The summed E-state index contributed by atoms with van der Waals surface area (Å²) in [5.74, 6) is -10.2. The van der Waals surface area contributed by atoms with Crippen molar-refractivity contribution < 1.29 is 22.0 Å². The molecule has 0 fully saturated rings. The lowest BCUT2D eigenvalue weighted by Gasteiger charge is -2.08. The lowest BCUT2D eigenvalue weighted by atomic mass is 10.2. The van der Waals surface area contributed by atoms with E-state index in [4.69, 9.17) is 0 Å². The van der Waals surface area contributed by atoms with Gasteiger partial charge in [0.25, 0.3) is 0 Å². The largest absolute Gasteiger partial charge is 0.367 e. The van der Waals surface area contributed by atoms with Crippen molar-refractivity contribution in [2.45, 2.75) is 0 Å². The molecule has 0 unspecified atom stereocenters. The topological polar surface area (TPSA) is 27.6 Å². The summed E-state index contributed by atoms with van der Waals surface area (Å²) in [4.78, 5) is 1.40. The number of nitrogens with zero attached hydrogens (tertiary/aromatic N) is 2. The van der Waals surface area contributed by atoms with Crippen LogP contribution in [-0.2, 0) is 0 Å². The third kappa shape index (κ3) is 2.63. The third-order valence-corrected chi connectivity index (χ3v) is 1.67. The first-order valence-corrected chi connectivity index (χ1v) is 4.33. The van der Waals surface area contributed by atoms with E-state index in [1.807, 2.05) is 0 Å². The molecular formula is C9H8F5N3. The molecular weight excluding hydrogens is 245 g/mol. The number of hydrogen-bond acceptors (Lipinski definition) is 2. The van der Waals surface area contributed by atoms with Gasteiger partial charge in [0, 0.05) is 14.1 Å². The molecule has 0 atom stereocenters. The van der Waals surface area contributed by atoms with Crippen LogP contribution in [0.25, 0.3) is 0 Å². The Kier molecular flexibility index (Phi) is 3.87. The zero-order chi connectivity index (χ0) is 13.2. The van der Waals surface area contributed by atoms with E-state index in [0.717, 1.165) is 6.34 Å². The lowest BCUT2D eigenvalue weighted by molar-refractivity contribution is 0.381. The van der Waals surface area contributed by atoms with Gasteiger partial charge in [0.05, 0.1) is 0 Å². The summed E-state index contributed by atoms with van der Waals surface area (Å²) >= 11 is 0. The summed E-state index contributed by atoms with van der Waals surface area (Å²) in [7, 11) is 3.12. The van der Waals surface area contributed by atoms with Gasteiger partial charge in [-0.05, 0) is 0 Å². The fraction of sp³-hybridized carbons (Fsp3) is 0.222. The van der Waals surface area contributed by atoms with Crippen molar-refractivity contribution in [3.05, 3.63) is 29.1 Å². The highest BCUT2D eigenvalue weighted by atomic mass is 19.2. The Labute approximate surface area is 93.5 Å². The third-order valence-electron chi connectivity index (χ3n) is 1.67. The van der Waals surface area contributed by atoms with Gasteiger partial charge >= 0.3 is 0 Å². The molecule has 1 rings (SSSR count). The Balaban J connectivity index is 3.16. The Morgan fingerprint density at radius 2 is 1.29 bits per heavy atom. The van der Waals surface area contributed by atoms with Gasteiger partial charge in [0.15, 0.2) is 23.3 Å². The average molecular weight is 253 g/mol. The molecule has 1 N–H and O–H groups in total. The predicted molar refractivity (Wildman–Crippen MR) is 52.0 cm³/mol. The summed E-state index contributed by atoms with van der Waals surface area (Å²) in [6, 6.07) is 0. The summed E-state index contributed by atoms with van der Waals surface area (Å²) in [6.45, 7) is 0. The second-order valence-corrected chi connectivity index (χ2v) is 3.26. The van der Waals surface area contributed by atoms with Gasteiger partial charge in [0.2, 0.25) is 5.82 Å². The van der Waals surface area contributed by atoms with E-state index in [1.165, 1.54) is 4.90 Å². The molecule has 94 valence electrons. The van der Waals surface area contributed by atoms with E-state index in [-0.39, 0.29) is 0 Å². The van der Waals surface area contributed by atoms with Gasteiger partial charge in [0.1, 0.15) is 12.0 Å². The van der Waals surface area contributed by atoms with Crippen molar-refractivity contribution in [3.63, 3.8) is 0 Å². The van der Waals surface area contributed by atoms with Gasteiger partial charge in [-0.2, -0.15) is 5.10 Å². The van der Waals surface area contributed by atoms with Gasteiger partial charge in [-0.25, -0.2) is 22.0 Å². The van der Waals surface area contributed by atoms with Crippen molar-refractivity contribution in [2.75, 3.05) is 19.5 Å². The van der Waals surface area contributed by atoms with E-state index < -0.39 is 34.8 Å². The first kappa shape index (κ1) is 13.2. The van der Waals surface area contributed by atoms with Crippen molar-refractivity contribution in [2.24, 2.45) is 5.10 Å². The van der Waals surface area contributed by atoms with E-state index in [9.17, 15) is 22.0 Å². The molecule has 0 spiro atoms. The van der Waals surface area contributed by atoms with Gasteiger partial charge in [-0.3, -0.25) is 5.43 Å². The van der Waals surface area contributed by atoms with E-state index in [0.29, 0.717) is 0 Å². The van der Waals surface area contributed by atoms with Gasteiger partial charge < -0.3 is 4.90 Å². The fourth-order valence-electron chi connectivity index (χ4n) is 0.912. The van der Waals surface area contributed by atoms with Crippen LogP contribution in [0.5, 0.6) is 0 Å². The van der Waals surface area contributed by atoms with Crippen LogP contribution < -0.4 is 5.43 Å². The van der Waals surface area contributed by atoms with Crippen LogP contribution in [-0.4, -0.2) is 25.3 Å². The molecule has 0 saturated heterocycles. The zero-order valence-electron chi connectivity index (χ0n) is 8.86. The highest BCUT2D eigenvalue weighted by Gasteiger charge is 2.25. The Hall–Kier alpha value is -1.86. The molecule has 0 bridgehead atoms. The molecule has 0 radical (unpaired) electrons. The van der Waals surface area contributed by atoms with Crippen LogP contribution in [0.2, 0.25) is 0 Å². The Bertz CT molecular complexity index is 429.